The van der Waals surface area contributed by atoms with Crippen molar-refractivity contribution in [3.63, 3.8) is 0 Å². The van der Waals surface area contributed by atoms with Gasteiger partial charge in [0.2, 0.25) is 0 Å². The second-order valence-corrected chi connectivity index (χ2v) is 5.10. The Hall–Kier alpha value is -0.460. The highest BCUT2D eigenvalue weighted by Gasteiger charge is 2.27. The molecule has 2 nitrogen and oxygen atoms in total. The second kappa shape index (κ2) is 7.36. The van der Waals surface area contributed by atoms with Crippen molar-refractivity contribution in [1.82, 2.24) is 0 Å². The minimum atomic E-state index is -4.34. The number of benzene rings is 1. The van der Waals surface area contributed by atoms with Gasteiger partial charge >= 0.3 is 6.18 Å². The third kappa shape index (κ3) is 6.01. The zero-order valence-corrected chi connectivity index (χ0v) is 12.5. The molecule has 1 aromatic carbocycles. The maximum Gasteiger partial charge on any atom is 0.411 e. The van der Waals surface area contributed by atoms with Gasteiger partial charge in [-0.2, -0.15) is 13.2 Å². The third-order valence-electron chi connectivity index (χ3n) is 2.15. The molecule has 0 radical (unpaired) electrons. The fourth-order valence-corrected chi connectivity index (χ4v) is 2.09. The number of rotatable bonds is 6. The quantitative estimate of drug-likeness (QED) is 0.683. The van der Waals surface area contributed by atoms with E-state index in [9.17, 15) is 13.2 Å². The van der Waals surface area contributed by atoms with E-state index < -0.39 is 18.2 Å². The van der Waals surface area contributed by atoms with Crippen LogP contribution in [0.25, 0.3) is 0 Å². The molecule has 0 spiro atoms. The summed E-state index contributed by atoms with van der Waals surface area (Å²) in [5.41, 5.74) is 0.666. The summed E-state index contributed by atoms with van der Waals surface area (Å²) in [7, 11) is 0. The first-order chi connectivity index (χ1) is 8.83. The van der Waals surface area contributed by atoms with Gasteiger partial charge in [0.1, 0.15) is 12.4 Å². The summed E-state index contributed by atoms with van der Waals surface area (Å²) in [6.45, 7) is 0.878. The van der Waals surface area contributed by atoms with Gasteiger partial charge in [0.15, 0.2) is 0 Å². The third-order valence-corrected chi connectivity index (χ3v) is 3.15. The molecule has 0 saturated carbocycles. The largest absolute Gasteiger partial charge is 0.493 e. The predicted molar refractivity (Wildman–Crippen MR) is 70.8 cm³/mol. The molecule has 1 aromatic rings. The van der Waals surface area contributed by atoms with Crippen LogP contribution in [-0.4, -0.2) is 26.0 Å². The minimum Gasteiger partial charge on any atom is -0.493 e. The molecule has 0 amide bonds. The Bertz CT molecular complexity index is 412. The van der Waals surface area contributed by atoms with E-state index in [1.165, 1.54) is 0 Å². The molecular formula is C12H13BrClF3O2. The van der Waals surface area contributed by atoms with Crippen molar-refractivity contribution >= 4 is 27.5 Å². The first kappa shape index (κ1) is 16.6. The first-order valence-electron chi connectivity index (χ1n) is 5.54. The van der Waals surface area contributed by atoms with Crippen molar-refractivity contribution in [3.8, 4) is 5.75 Å². The topological polar surface area (TPSA) is 18.5 Å². The fraction of sp³-hybridized carbons (Fsp3) is 0.500. The van der Waals surface area contributed by atoms with E-state index in [0.717, 1.165) is 0 Å². The molecule has 0 N–H and O–H groups in total. The van der Waals surface area contributed by atoms with Gasteiger partial charge in [-0.05, 0) is 40.5 Å². The van der Waals surface area contributed by atoms with Crippen molar-refractivity contribution in [3.05, 3.63) is 28.2 Å². The summed E-state index contributed by atoms with van der Waals surface area (Å²) in [4.78, 5) is 0. The van der Waals surface area contributed by atoms with E-state index >= 15 is 0 Å². The van der Waals surface area contributed by atoms with Crippen LogP contribution in [0.1, 0.15) is 17.9 Å². The molecule has 0 aliphatic carbocycles. The molecule has 1 rings (SSSR count). The van der Waals surface area contributed by atoms with Gasteiger partial charge in [-0.15, -0.1) is 11.6 Å². The molecule has 0 saturated heterocycles. The van der Waals surface area contributed by atoms with E-state index in [2.05, 4.69) is 20.7 Å². The Labute approximate surface area is 123 Å². The van der Waals surface area contributed by atoms with Gasteiger partial charge in [-0.1, -0.05) is 6.07 Å². The van der Waals surface area contributed by atoms with Crippen LogP contribution < -0.4 is 4.74 Å². The van der Waals surface area contributed by atoms with Crippen molar-refractivity contribution in [1.29, 1.82) is 0 Å². The van der Waals surface area contributed by atoms with Crippen LogP contribution in [-0.2, 0) is 4.74 Å². The first-order valence-corrected chi connectivity index (χ1v) is 6.77. The Kier molecular flexibility index (Phi) is 6.42. The van der Waals surface area contributed by atoms with Crippen LogP contribution in [0.15, 0.2) is 22.7 Å². The zero-order valence-electron chi connectivity index (χ0n) is 10.1. The Balaban J connectivity index is 2.57. The highest BCUT2D eigenvalue weighted by atomic mass is 79.9. The normalized spacial score (nSPS) is 13.4. The number of alkyl halides is 4. The Morgan fingerprint density at radius 2 is 2.05 bits per heavy atom. The number of hydrogen-bond acceptors (Lipinski definition) is 2. The number of ether oxygens (including phenoxy) is 2. The molecule has 19 heavy (non-hydrogen) atoms. The van der Waals surface area contributed by atoms with Crippen LogP contribution in [0, 0.1) is 0 Å². The van der Waals surface area contributed by atoms with Gasteiger partial charge < -0.3 is 9.47 Å². The molecule has 0 aliphatic rings. The monoisotopic (exact) mass is 360 g/mol. The van der Waals surface area contributed by atoms with E-state index in [0.29, 0.717) is 22.4 Å². The molecule has 108 valence electrons. The number of halogens is 5. The zero-order chi connectivity index (χ0) is 14.5. The molecular weight excluding hydrogens is 348 g/mol. The van der Waals surface area contributed by atoms with Crippen LogP contribution in [0.5, 0.6) is 5.75 Å². The molecule has 0 fully saturated rings. The standard InChI is InChI=1S/C12H13BrClF3O2/c1-2-19-11-4-3-8(5-9(11)13)10(14)6-18-7-12(15,16)17/h3-5,10H,2,6-7H2,1H3. The van der Waals surface area contributed by atoms with E-state index in [-0.39, 0.29) is 6.61 Å². The van der Waals surface area contributed by atoms with E-state index in [1.807, 2.05) is 6.92 Å². The lowest BCUT2D eigenvalue weighted by atomic mass is 10.1. The summed E-state index contributed by atoms with van der Waals surface area (Å²) >= 11 is 9.29. The van der Waals surface area contributed by atoms with Crippen LogP contribution >= 0.6 is 27.5 Å². The van der Waals surface area contributed by atoms with Gasteiger partial charge in [0.05, 0.1) is 23.1 Å². The summed E-state index contributed by atoms with van der Waals surface area (Å²) in [6.07, 6.45) is -4.34. The maximum absolute atomic E-state index is 11.9. The molecule has 1 unspecified atom stereocenters. The second-order valence-electron chi connectivity index (χ2n) is 3.72. The lowest BCUT2D eigenvalue weighted by molar-refractivity contribution is -0.173. The smallest absolute Gasteiger partial charge is 0.411 e. The lowest BCUT2D eigenvalue weighted by Gasteiger charge is -2.14. The summed E-state index contributed by atoms with van der Waals surface area (Å²) in [6, 6.07) is 5.12. The van der Waals surface area contributed by atoms with E-state index in [1.54, 1.807) is 18.2 Å². The average Bonchev–Trinajstić information content (AvgIpc) is 2.30. The highest BCUT2D eigenvalue weighted by molar-refractivity contribution is 9.10. The van der Waals surface area contributed by atoms with Gasteiger partial charge in [0, 0.05) is 0 Å². The van der Waals surface area contributed by atoms with Crippen molar-refractivity contribution in [2.75, 3.05) is 19.8 Å². The highest BCUT2D eigenvalue weighted by Crippen LogP contribution is 2.31. The van der Waals surface area contributed by atoms with Crippen molar-refractivity contribution in [2.45, 2.75) is 18.5 Å². The fourth-order valence-electron chi connectivity index (χ4n) is 1.36. The van der Waals surface area contributed by atoms with Crippen LogP contribution in [0.3, 0.4) is 0 Å². The van der Waals surface area contributed by atoms with Gasteiger partial charge in [-0.25, -0.2) is 0 Å². The summed E-state index contributed by atoms with van der Waals surface area (Å²) in [5, 5.41) is -0.644. The summed E-state index contributed by atoms with van der Waals surface area (Å²) in [5.74, 6) is 0.659. The molecule has 0 aliphatic heterocycles. The summed E-state index contributed by atoms with van der Waals surface area (Å²) < 4.78 is 46.3. The van der Waals surface area contributed by atoms with Crippen molar-refractivity contribution in [2.24, 2.45) is 0 Å². The minimum absolute atomic E-state index is 0.207. The Morgan fingerprint density at radius 3 is 2.58 bits per heavy atom. The predicted octanol–water partition coefficient (Wildman–Crippen LogP) is 4.71. The van der Waals surface area contributed by atoms with E-state index in [4.69, 9.17) is 16.3 Å². The Morgan fingerprint density at radius 1 is 1.37 bits per heavy atom. The van der Waals surface area contributed by atoms with Crippen molar-refractivity contribution < 1.29 is 22.6 Å². The van der Waals surface area contributed by atoms with Crippen LogP contribution in [0.2, 0.25) is 0 Å². The molecule has 1 atom stereocenters. The molecule has 0 aromatic heterocycles. The average molecular weight is 362 g/mol. The molecule has 7 heteroatoms. The van der Waals surface area contributed by atoms with Gasteiger partial charge in [-0.3, -0.25) is 0 Å². The maximum atomic E-state index is 11.9. The lowest BCUT2D eigenvalue weighted by Crippen LogP contribution is -2.18. The molecule has 0 bridgehead atoms. The number of hydrogen-bond donors (Lipinski definition) is 0. The molecule has 0 heterocycles. The van der Waals surface area contributed by atoms with Crippen LogP contribution in [0.4, 0.5) is 13.2 Å². The SMILES string of the molecule is CCOc1ccc(C(Cl)COCC(F)(F)F)cc1Br. The van der Waals surface area contributed by atoms with Gasteiger partial charge in [0.25, 0.3) is 0 Å².